The molecule has 6 atom stereocenters. The second kappa shape index (κ2) is 10.5. The first-order chi connectivity index (χ1) is 22.0. The lowest BCUT2D eigenvalue weighted by atomic mass is 9.56. The first-order valence-corrected chi connectivity index (χ1v) is 15.4. The molecule has 0 spiro atoms. The number of hydrogen-bond donors (Lipinski definition) is 1. The average molecular weight is 662 g/mol. The Labute approximate surface area is 273 Å². The molecule has 0 aromatic heterocycles. The zero-order valence-corrected chi connectivity index (χ0v) is 26.0. The van der Waals surface area contributed by atoms with Crippen LogP contribution < -0.4 is 14.5 Å². The Hall–Kier alpha value is -4.47. The average Bonchev–Trinajstić information content (AvgIpc) is 3.39. The number of rotatable bonds is 5. The van der Waals surface area contributed by atoms with Crippen LogP contribution in [-0.4, -0.2) is 45.6 Å². The van der Waals surface area contributed by atoms with Crippen molar-refractivity contribution in [3.05, 3.63) is 102 Å². The van der Waals surface area contributed by atoms with Crippen LogP contribution in [-0.2, 0) is 19.2 Å². The number of halogens is 3. The predicted molar refractivity (Wildman–Crippen MR) is 170 cm³/mol. The summed E-state index contributed by atoms with van der Waals surface area (Å²) in [7, 11) is 1.37. The summed E-state index contributed by atoms with van der Waals surface area (Å²) in [4.78, 5) is 54.6. The Morgan fingerprint density at radius 2 is 1.57 bits per heavy atom. The van der Waals surface area contributed by atoms with E-state index in [-0.39, 0.29) is 35.9 Å². The van der Waals surface area contributed by atoms with Gasteiger partial charge in [0.15, 0.2) is 21.2 Å². The number of anilines is 2. The highest BCUT2D eigenvalue weighted by molar-refractivity contribution is 6.58. The number of carbonyl (C=O) groups is 4. The molecule has 3 aromatic rings. The van der Waals surface area contributed by atoms with E-state index in [0.29, 0.717) is 16.8 Å². The summed E-state index contributed by atoms with van der Waals surface area (Å²) >= 11 is 14.7. The van der Waals surface area contributed by atoms with E-state index in [4.69, 9.17) is 27.9 Å². The molecule has 0 unspecified atom stereocenters. The minimum absolute atomic E-state index is 0.0870. The Kier molecular flexibility index (Phi) is 6.92. The standard InChI is InChI=1S/C35H27Cl2FN2O6/c1-3-18-4-9-21(10-5-18)39-30(42)24-14-13-23-25(28(24)31(39)43)17-34(36)32(44)40(22-11-7-20(38)8-12-22)33(45)35(34,37)29(23)19-6-15-26(41)27(16-19)46-2/h3-13,15-16,24-25,28-29,41H,1,14,17H2,2H3/t24-,25+,28-,29-,34+,35-/m0/s1. The molecule has 2 aliphatic carbocycles. The number of hydrogen-bond acceptors (Lipinski definition) is 6. The number of allylic oxidation sites excluding steroid dienone is 2. The normalized spacial score (nSPS) is 30.1. The molecular weight excluding hydrogens is 634 g/mol. The van der Waals surface area contributed by atoms with Crippen molar-refractivity contribution in [2.45, 2.75) is 28.5 Å². The largest absolute Gasteiger partial charge is 0.504 e. The minimum atomic E-state index is -2.09. The molecule has 234 valence electrons. The molecule has 4 aliphatic rings. The number of amides is 4. The number of benzene rings is 3. The summed E-state index contributed by atoms with van der Waals surface area (Å²) in [6.07, 6.45) is 3.47. The van der Waals surface area contributed by atoms with E-state index in [1.807, 2.05) is 6.08 Å². The molecule has 46 heavy (non-hydrogen) atoms. The van der Waals surface area contributed by atoms with Gasteiger partial charge in [0.05, 0.1) is 30.3 Å². The van der Waals surface area contributed by atoms with Crippen LogP contribution in [0.25, 0.3) is 6.08 Å². The number of aromatic hydroxyl groups is 1. The number of nitrogens with zero attached hydrogens (tertiary/aromatic N) is 2. The lowest BCUT2D eigenvalue weighted by Gasteiger charge is -2.50. The number of methoxy groups -OCH3 is 1. The van der Waals surface area contributed by atoms with Gasteiger partial charge in [-0.3, -0.25) is 24.1 Å². The third-order valence-corrected chi connectivity index (χ3v) is 11.2. The van der Waals surface area contributed by atoms with Crippen LogP contribution in [0.15, 0.2) is 85.0 Å². The fraction of sp³-hybridized carbons (Fsp3) is 0.257. The number of carbonyl (C=O) groups excluding carboxylic acids is 4. The molecule has 1 saturated carbocycles. The van der Waals surface area contributed by atoms with Crippen molar-refractivity contribution in [2.24, 2.45) is 17.8 Å². The van der Waals surface area contributed by atoms with Crippen LogP contribution in [0, 0.1) is 23.6 Å². The van der Waals surface area contributed by atoms with Crippen LogP contribution in [0.4, 0.5) is 15.8 Å². The van der Waals surface area contributed by atoms with Gasteiger partial charge in [0, 0.05) is 5.92 Å². The van der Waals surface area contributed by atoms with Gasteiger partial charge >= 0.3 is 0 Å². The molecule has 3 aromatic carbocycles. The van der Waals surface area contributed by atoms with Crippen molar-refractivity contribution < 1.29 is 33.4 Å². The van der Waals surface area contributed by atoms with E-state index < -0.39 is 57.0 Å². The van der Waals surface area contributed by atoms with Gasteiger partial charge in [0.1, 0.15) is 5.82 Å². The first-order valence-electron chi connectivity index (χ1n) is 14.7. The SMILES string of the molecule is C=Cc1ccc(N2C(=O)[C@H]3[C@H](CC=C4[C@H]3C[C@@]3(Cl)C(=O)N(c5ccc(F)cc5)C(=O)[C@@]3(Cl)[C@H]4c3ccc(O)c(OC)c3)C2=O)cc1. The van der Waals surface area contributed by atoms with Crippen molar-refractivity contribution >= 4 is 64.3 Å². The summed E-state index contributed by atoms with van der Waals surface area (Å²) in [5.41, 5.74) is 2.33. The zero-order chi connectivity index (χ0) is 32.7. The number of fused-ring (bicyclic) bond motifs is 4. The van der Waals surface area contributed by atoms with Crippen molar-refractivity contribution in [1.29, 1.82) is 0 Å². The topological polar surface area (TPSA) is 104 Å². The smallest absolute Gasteiger partial charge is 0.258 e. The van der Waals surface area contributed by atoms with Crippen LogP contribution >= 0.6 is 23.2 Å². The van der Waals surface area contributed by atoms with Crippen LogP contribution in [0.5, 0.6) is 11.5 Å². The second-order valence-electron chi connectivity index (χ2n) is 12.0. The second-order valence-corrected chi connectivity index (χ2v) is 13.2. The quantitative estimate of drug-likeness (QED) is 0.206. The maximum Gasteiger partial charge on any atom is 0.258 e. The molecular formula is C35H27Cl2FN2O6. The van der Waals surface area contributed by atoms with Gasteiger partial charge in [-0.2, -0.15) is 0 Å². The van der Waals surface area contributed by atoms with Gasteiger partial charge < -0.3 is 9.84 Å². The molecule has 4 amide bonds. The van der Waals surface area contributed by atoms with E-state index in [0.717, 1.165) is 22.6 Å². The van der Waals surface area contributed by atoms with Crippen LogP contribution in [0.3, 0.4) is 0 Å². The van der Waals surface area contributed by atoms with Gasteiger partial charge in [0.2, 0.25) is 11.8 Å². The lowest BCUT2D eigenvalue weighted by Crippen LogP contribution is -2.60. The van der Waals surface area contributed by atoms with Crippen molar-refractivity contribution in [3.63, 3.8) is 0 Å². The molecule has 2 aliphatic heterocycles. The van der Waals surface area contributed by atoms with Gasteiger partial charge in [-0.05, 0) is 78.4 Å². The maximum absolute atomic E-state index is 14.4. The van der Waals surface area contributed by atoms with E-state index in [2.05, 4.69) is 6.58 Å². The van der Waals surface area contributed by atoms with Gasteiger partial charge in [-0.15, -0.1) is 23.2 Å². The van der Waals surface area contributed by atoms with E-state index in [1.165, 1.54) is 36.3 Å². The Balaban J connectivity index is 1.39. The van der Waals surface area contributed by atoms with E-state index in [9.17, 15) is 28.7 Å². The molecule has 11 heteroatoms. The summed E-state index contributed by atoms with van der Waals surface area (Å²) < 4.78 is 19.2. The highest BCUT2D eigenvalue weighted by Crippen LogP contribution is 2.66. The third-order valence-electron chi connectivity index (χ3n) is 9.82. The molecule has 2 saturated heterocycles. The summed E-state index contributed by atoms with van der Waals surface area (Å²) in [5, 5.41) is 10.4. The minimum Gasteiger partial charge on any atom is -0.504 e. The number of phenols is 1. The molecule has 3 fully saturated rings. The molecule has 8 nitrogen and oxygen atoms in total. The highest BCUT2D eigenvalue weighted by Gasteiger charge is 2.76. The summed E-state index contributed by atoms with van der Waals surface area (Å²) in [5.74, 6) is -6.46. The number of imide groups is 2. The molecule has 0 bridgehead atoms. The highest BCUT2D eigenvalue weighted by atomic mass is 35.5. The third kappa shape index (κ3) is 3.97. The van der Waals surface area contributed by atoms with Crippen LogP contribution in [0.2, 0.25) is 0 Å². The number of ether oxygens (including phenoxy) is 1. The molecule has 1 N–H and O–H groups in total. The zero-order valence-electron chi connectivity index (χ0n) is 24.5. The number of phenolic OH excluding ortho intramolecular Hbond substituents is 1. The first kappa shape index (κ1) is 30.2. The van der Waals surface area contributed by atoms with Crippen molar-refractivity contribution in [3.8, 4) is 11.5 Å². The molecule has 0 radical (unpaired) electrons. The predicted octanol–water partition coefficient (Wildman–Crippen LogP) is 5.95. The van der Waals surface area contributed by atoms with Gasteiger partial charge in [0.25, 0.3) is 11.8 Å². The van der Waals surface area contributed by atoms with Gasteiger partial charge in [-0.1, -0.05) is 42.5 Å². The lowest BCUT2D eigenvalue weighted by molar-refractivity contribution is -0.125. The molecule has 2 heterocycles. The van der Waals surface area contributed by atoms with E-state index >= 15 is 0 Å². The summed E-state index contributed by atoms with van der Waals surface area (Å²) in [6, 6.07) is 16.2. The summed E-state index contributed by atoms with van der Waals surface area (Å²) in [6.45, 7) is 3.75. The Bertz CT molecular complexity index is 1880. The van der Waals surface area contributed by atoms with Crippen molar-refractivity contribution in [1.82, 2.24) is 0 Å². The Morgan fingerprint density at radius 1 is 0.913 bits per heavy atom. The number of alkyl halides is 2. The monoisotopic (exact) mass is 660 g/mol. The van der Waals surface area contributed by atoms with Gasteiger partial charge in [-0.25, -0.2) is 9.29 Å². The fourth-order valence-electron chi connectivity index (χ4n) is 7.66. The van der Waals surface area contributed by atoms with E-state index in [1.54, 1.807) is 36.4 Å². The Morgan fingerprint density at radius 3 is 2.22 bits per heavy atom. The molecule has 7 rings (SSSR count). The van der Waals surface area contributed by atoms with Crippen LogP contribution in [0.1, 0.15) is 29.9 Å². The van der Waals surface area contributed by atoms with Crippen molar-refractivity contribution in [2.75, 3.05) is 16.9 Å². The fourth-order valence-corrected chi connectivity index (χ4v) is 8.60. The maximum atomic E-state index is 14.4.